The molecular formula is C23H26N2O. The molecule has 2 aromatic carbocycles. The van der Waals surface area contributed by atoms with Crippen molar-refractivity contribution in [1.82, 2.24) is 9.47 Å². The predicted molar refractivity (Wildman–Crippen MR) is 106 cm³/mol. The van der Waals surface area contributed by atoms with Crippen LogP contribution in [-0.4, -0.2) is 28.0 Å². The Bertz CT molecular complexity index is 910. The van der Waals surface area contributed by atoms with E-state index in [2.05, 4.69) is 65.8 Å². The van der Waals surface area contributed by atoms with Crippen LogP contribution < -0.4 is 0 Å². The number of nitrogens with zero attached hydrogens (tertiary/aromatic N) is 2. The van der Waals surface area contributed by atoms with Gasteiger partial charge in [0.25, 0.3) is 5.91 Å². The van der Waals surface area contributed by atoms with Crippen LogP contribution in [0.25, 0.3) is 10.9 Å². The van der Waals surface area contributed by atoms with Crippen molar-refractivity contribution in [1.29, 1.82) is 0 Å². The zero-order chi connectivity index (χ0) is 18.1. The third-order valence-corrected chi connectivity index (χ3v) is 5.54. The van der Waals surface area contributed by atoms with E-state index in [1.165, 1.54) is 5.56 Å². The summed E-state index contributed by atoms with van der Waals surface area (Å²) in [6, 6.07) is 21.1. The lowest BCUT2D eigenvalue weighted by Crippen LogP contribution is -2.39. The van der Waals surface area contributed by atoms with Gasteiger partial charge in [-0.15, -0.1) is 0 Å². The minimum Gasteiger partial charge on any atom is -0.334 e. The second kappa shape index (κ2) is 6.99. The van der Waals surface area contributed by atoms with Gasteiger partial charge in [0.1, 0.15) is 5.69 Å². The molecule has 1 unspecified atom stereocenters. The summed E-state index contributed by atoms with van der Waals surface area (Å²) in [5.41, 5.74) is 3.15. The van der Waals surface area contributed by atoms with Crippen LogP contribution in [0, 0.1) is 5.92 Å². The molecule has 26 heavy (non-hydrogen) atoms. The SMILES string of the molecule is CC(C)C1CCCN1C(=O)c1cc2ccccc2n1Cc1ccccc1. The summed E-state index contributed by atoms with van der Waals surface area (Å²) in [5.74, 6) is 0.668. The van der Waals surface area contributed by atoms with Crippen molar-refractivity contribution in [3.63, 3.8) is 0 Å². The molecule has 4 rings (SSSR count). The average molecular weight is 346 g/mol. The first-order valence-electron chi connectivity index (χ1n) is 9.58. The van der Waals surface area contributed by atoms with Crippen LogP contribution in [0.5, 0.6) is 0 Å². The van der Waals surface area contributed by atoms with E-state index in [0.29, 0.717) is 12.0 Å². The highest BCUT2D eigenvalue weighted by Gasteiger charge is 2.33. The van der Waals surface area contributed by atoms with Gasteiger partial charge in [-0.3, -0.25) is 4.79 Å². The molecule has 0 aliphatic carbocycles. The average Bonchev–Trinajstić information content (AvgIpc) is 3.28. The monoisotopic (exact) mass is 346 g/mol. The maximum absolute atomic E-state index is 13.4. The minimum absolute atomic E-state index is 0.174. The number of fused-ring (bicyclic) bond motifs is 1. The first-order valence-corrected chi connectivity index (χ1v) is 9.58. The van der Waals surface area contributed by atoms with Crippen LogP contribution in [0.15, 0.2) is 60.7 Å². The lowest BCUT2D eigenvalue weighted by molar-refractivity contribution is 0.0691. The predicted octanol–water partition coefficient (Wildman–Crippen LogP) is 4.95. The number of hydrogen-bond donors (Lipinski definition) is 0. The van der Waals surface area contributed by atoms with Crippen molar-refractivity contribution >= 4 is 16.8 Å². The summed E-state index contributed by atoms with van der Waals surface area (Å²) in [6.45, 7) is 6.02. The second-order valence-corrected chi connectivity index (χ2v) is 7.61. The Hall–Kier alpha value is -2.55. The number of likely N-dealkylation sites (tertiary alicyclic amines) is 1. The smallest absolute Gasteiger partial charge is 0.270 e. The molecule has 1 aromatic heterocycles. The summed E-state index contributed by atoms with van der Waals surface area (Å²) >= 11 is 0. The minimum atomic E-state index is 0.174. The third kappa shape index (κ3) is 3.03. The van der Waals surface area contributed by atoms with Crippen LogP contribution in [0.4, 0.5) is 0 Å². The second-order valence-electron chi connectivity index (χ2n) is 7.61. The van der Waals surface area contributed by atoms with Gasteiger partial charge in [0, 0.05) is 30.0 Å². The van der Waals surface area contributed by atoms with E-state index in [9.17, 15) is 4.79 Å². The van der Waals surface area contributed by atoms with E-state index in [4.69, 9.17) is 0 Å². The maximum Gasteiger partial charge on any atom is 0.270 e. The van der Waals surface area contributed by atoms with Crippen molar-refractivity contribution in [2.75, 3.05) is 6.54 Å². The Morgan fingerprint density at radius 3 is 2.58 bits per heavy atom. The van der Waals surface area contributed by atoms with Gasteiger partial charge in [-0.25, -0.2) is 0 Å². The van der Waals surface area contributed by atoms with E-state index in [1.54, 1.807) is 0 Å². The number of carbonyl (C=O) groups is 1. The molecule has 0 radical (unpaired) electrons. The molecule has 3 nitrogen and oxygen atoms in total. The summed E-state index contributed by atoms with van der Waals surface area (Å²) in [7, 11) is 0. The van der Waals surface area contributed by atoms with Crippen LogP contribution in [0.3, 0.4) is 0 Å². The summed E-state index contributed by atoms with van der Waals surface area (Å²) in [6.07, 6.45) is 2.22. The van der Waals surface area contributed by atoms with E-state index in [0.717, 1.165) is 42.5 Å². The first-order chi connectivity index (χ1) is 12.6. The number of aromatic nitrogens is 1. The molecular weight excluding hydrogens is 320 g/mol. The van der Waals surface area contributed by atoms with E-state index < -0.39 is 0 Å². The Labute approximate surface area is 155 Å². The lowest BCUT2D eigenvalue weighted by Gasteiger charge is -2.28. The van der Waals surface area contributed by atoms with Crippen molar-refractivity contribution < 1.29 is 4.79 Å². The number of hydrogen-bond acceptors (Lipinski definition) is 1. The highest BCUT2D eigenvalue weighted by atomic mass is 16.2. The molecule has 1 aliphatic heterocycles. The first kappa shape index (κ1) is 16.9. The molecule has 1 fully saturated rings. The molecule has 1 atom stereocenters. The Morgan fingerprint density at radius 2 is 1.81 bits per heavy atom. The number of carbonyl (C=O) groups excluding carboxylic acids is 1. The summed E-state index contributed by atoms with van der Waals surface area (Å²) in [5, 5.41) is 1.13. The standard InChI is InChI=1S/C23H26N2O/c1-17(2)20-13-8-14-24(20)23(26)22-15-19-11-6-7-12-21(19)25(22)16-18-9-4-3-5-10-18/h3-7,9-12,15,17,20H,8,13-14,16H2,1-2H3. The Morgan fingerprint density at radius 1 is 1.08 bits per heavy atom. The number of rotatable bonds is 4. The van der Waals surface area contributed by atoms with Crippen molar-refractivity contribution in [2.24, 2.45) is 5.92 Å². The molecule has 0 N–H and O–H groups in total. The summed E-state index contributed by atoms with van der Waals surface area (Å²) in [4.78, 5) is 15.5. The van der Waals surface area contributed by atoms with E-state index in [-0.39, 0.29) is 5.91 Å². The van der Waals surface area contributed by atoms with Gasteiger partial charge in [-0.1, -0.05) is 62.4 Å². The zero-order valence-electron chi connectivity index (χ0n) is 15.6. The normalized spacial score (nSPS) is 17.3. The summed E-state index contributed by atoms with van der Waals surface area (Å²) < 4.78 is 2.18. The number of benzene rings is 2. The molecule has 0 bridgehead atoms. The molecule has 3 heteroatoms. The largest absolute Gasteiger partial charge is 0.334 e. The van der Waals surface area contributed by atoms with Crippen LogP contribution in [0.1, 0.15) is 42.7 Å². The Balaban J connectivity index is 1.77. The number of amides is 1. The molecule has 0 saturated carbocycles. The van der Waals surface area contributed by atoms with E-state index >= 15 is 0 Å². The van der Waals surface area contributed by atoms with Crippen LogP contribution >= 0.6 is 0 Å². The van der Waals surface area contributed by atoms with Gasteiger partial charge in [0.05, 0.1) is 0 Å². The Kier molecular flexibility index (Phi) is 4.54. The van der Waals surface area contributed by atoms with E-state index in [1.807, 2.05) is 18.2 Å². The molecule has 1 amide bonds. The molecule has 2 heterocycles. The third-order valence-electron chi connectivity index (χ3n) is 5.54. The number of para-hydroxylation sites is 1. The van der Waals surface area contributed by atoms with Gasteiger partial charge in [0.15, 0.2) is 0 Å². The van der Waals surface area contributed by atoms with Crippen LogP contribution in [0.2, 0.25) is 0 Å². The van der Waals surface area contributed by atoms with Gasteiger partial charge in [-0.2, -0.15) is 0 Å². The van der Waals surface area contributed by atoms with Gasteiger partial charge >= 0.3 is 0 Å². The van der Waals surface area contributed by atoms with Crippen molar-refractivity contribution in [2.45, 2.75) is 39.3 Å². The fourth-order valence-corrected chi connectivity index (χ4v) is 4.21. The lowest BCUT2D eigenvalue weighted by atomic mass is 10.0. The van der Waals surface area contributed by atoms with Gasteiger partial charge in [-0.05, 0) is 36.5 Å². The van der Waals surface area contributed by atoms with Crippen molar-refractivity contribution in [3.05, 3.63) is 71.9 Å². The zero-order valence-corrected chi connectivity index (χ0v) is 15.6. The highest BCUT2D eigenvalue weighted by Crippen LogP contribution is 2.28. The molecule has 0 spiro atoms. The quantitative estimate of drug-likeness (QED) is 0.656. The fraction of sp³-hybridized carbons (Fsp3) is 0.348. The van der Waals surface area contributed by atoms with Gasteiger partial charge < -0.3 is 9.47 Å². The molecule has 3 aromatic rings. The highest BCUT2D eigenvalue weighted by molar-refractivity contribution is 5.99. The topological polar surface area (TPSA) is 25.2 Å². The molecule has 134 valence electrons. The van der Waals surface area contributed by atoms with Gasteiger partial charge in [0.2, 0.25) is 0 Å². The molecule has 1 saturated heterocycles. The molecule has 1 aliphatic rings. The van der Waals surface area contributed by atoms with Crippen molar-refractivity contribution in [3.8, 4) is 0 Å². The maximum atomic E-state index is 13.4. The van der Waals surface area contributed by atoms with Crippen LogP contribution in [-0.2, 0) is 6.54 Å². The fourth-order valence-electron chi connectivity index (χ4n) is 4.21.